The summed E-state index contributed by atoms with van der Waals surface area (Å²) in [5.74, 6) is 0. The average molecular weight is 960 g/mol. The molecule has 0 spiro atoms. The van der Waals surface area contributed by atoms with Crippen LogP contribution in [-0.4, -0.2) is 33.6 Å². The van der Waals surface area contributed by atoms with Crippen LogP contribution in [0.15, 0.2) is 176 Å². The summed E-state index contributed by atoms with van der Waals surface area (Å²) in [7, 11) is -19.0. The maximum atomic E-state index is 9.75. The van der Waals surface area contributed by atoms with E-state index in [2.05, 4.69) is 176 Å². The topological polar surface area (TPSA) is 0 Å². The van der Waals surface area contributed by atoms with Crippen molar-refractivity contribution in [3.63, 3.8) is 0 Å². The molecule has 1 aliphatic carbocycles. The molecule has 0 saturated heterocycles. The standard InChI is InChI=1S/C33H30P2.C8H12.3BF4.Rh/c1-6-16-28(17-7-1)26-33(35(31-22-12-4-13-23-31)32-24-14-5-15-25-32)27-34(29-18-8-2-9-19-29)30-20-10-3-11-21-30;1-2-4-6-8-7-5-3-1;3*2-1(3,4)5;/h1-25,33H,26-27H2;1-4H,5-8H2;;;;/q;;3*-1;+3/b;3-1-,4-2-;;;;/t33-;;;;;/m1...../s1. The van der Waals surface area contributed by atoms with Gasteiger partial charge in [-0.1, -0.05) is 176 Å². The van der Waals surface area contributed by atoms with Crippen LogP contribution in [0.1, 0.15) is 31.2 Å². The third-order valence-corrected chi connectivity index (χ3v) is 13.4. The van der Waals surface area contributed by atoms with Gasteiger partial charge < -0.3 is 51.8 Å². The molecule has 59 heavy (non-hydrogen) atoms. The number of halogens is 12. The van der Waals surface area contributed by atoms with Gasteiger partial charge in [-0.2, -0.15) is 0 Å². The molecule has 318 valence electrons. The zero-order valence-electron chi connectivity index (χ0n) is 31.6. The largest absolute Gasteiger partial charge is 3.00 e. The minimum absolute atomic E-state index is 0. The van der Waals surface area contributed by atoms with Gasteiger partial charge in [0.1, 0.15) is 0 Å². The third-order valence-electron chi connectivity index (χ3n) is 7.65. The molecule has 0 nitrogen and oxygen atoms in total. The van der Waals surface area contributed by atoms with Crippen LogP contribution in [0.2, 0.25) is 0 Å². The van der Waals surface area contributed by atoms with Crippen molar-refractivity contribution in [1.29, 1.82) is 0 Å². The first-order valence-corrected chi connectivity index (χ1v) is 21.1. The number of allylic oxidation sites excluding steroid dienone is 4. The second kappa shape index (κ2) is 28.8. The molecule has 0 radical (unpaired) electrons. The summed E-state index contributed by atoms with van der Waals surface area (Å²) >= 11 is 0. The molecule has 0 aliphatic heterocycles. The van der Waals surface area contributed by atoms with Crippen LogP contribution in [0.3, 0.4) is 0 Å². The minimum Gasteiger partial charge on any atom is -0.418 e. The maximum absolute atomic E-state index is 9.75. The molecule has 1 aliphatic rings. The molecule has 5 aromatic rings. The first-order chi connectivity index (χ1) is 27.4. The number of hydrogen-bond donors (Lipinski definition) is 0. The van der Waals surface area contributed by atoms with E-state index in [1.807, 2.05) is 0 Å². The summed E-state index contributed by atoms with van der Waals surface area (Å²) < 4.78 is 117. The van der Waals surface area contributed by atoms with Gasteiger partial charge >= 0.3 is 41.2 Å². The predicted molar refractivity (Wildman–Crippen MR) is 224 cm³/mol. The molecule has 0 heterocycles. The van der Waals surface area contributed by atoms with Crippen molar-refractivity contribution in [2.75, 3.05) is 6.16 Å². The van der Waals surface area contributed by atoms with Crippen LogP contribution in [-0.2, 0) is 25.9 Å². The monoisotopic (exact) mass is 960 g/mol. The van der Waals surface area contributed by atoms with Gasteiger partial charge in [-0.05, 0) is 86.5 Å². The van der Waals surface area contributed by atoms with Gasteiger partial charge in [-0.25, -0.2) is 0 Å². The normalized spacial score (nSPS) is 14.0. The fourth-order valence-corrected chi connectivity index (χ4v) is 11.5. The molecule has 0 unspecified atom stereocenters. The number of benzene rings is 5. The van der Waals surface area contributed by atoms with Crippen molar-refractivity contribution >= 4 is 58.8 Å². The zero-order chi connectivity index (χ0) is 42.9. The van der Waals surface area contributed by atoms with E-state index in [0.717, 1.165) is 12.6 Å². The average Bonchev–Trinajstić information content (AvgIpc) is 3.14. The fraction of sp³-hybridized carbons (Fsp3) is 0.171. The Bertz CT molecular complexity index is 1700. The van der Waals surface area contributed by atoms with Crippen molar-refractivity contribution in [3.8, 4) is 0 Å². The Morgan fingerprint density at radius 1 is 0.407 bits per heavy atom. The van der Waals surface area contributed by atoms with E-state index in [1.54, 1.807) is 0 Å². The summed E-state index contributed by atoms with van der Waals surface area (Å²) in [6.07, 6.45) is 16.2. The summed E-state index contributed by atoms with van der Waals surface area (Å²) in [6, 6.07) is 55.8. The smallest absolute Gasteiger partial charge is 0.418 e. The molecular weight excluding hydrogens is 918 g/mol. The van der Waals surface area contributed by atoms with Gasteiger partial charge in [-0.3, -0.25) is 0 Å². The predicted octanol–water partition coefficient (Wildman–Crippen LogP) is 13.4. The molecule has 0 saturated carbocycles. The number of rotatable bonds is 9. The molecule has 0 bridgehead atoms. The van der Waals surface area contributed by atoms with E-state index in [9.17, 15) is 51.8 Å². The van der Waals surface area contributed by atoms with Crippen molar-refractivity contribution in [3.05, 3.63) is 182 Å². The molecule has 0 amide bonds. The Balaban J connectivity index is 0.000000591. The third kappa shape index (κ3) is 28.5. The van der Waals surface area contributed by atoms with E-state index in [1.165, 1.54) is 52.5 Å². The van der Waals surface area contributed by atoms with E-state index in [-0.39, 0.29) is 19.5 Å². The van der Waals surface area contributed by atoms with Crippen molar-refractivity contribution in [2.24, 2.45) is 0 Å². The van der Waals surface area contributed by atoms with Crippen molar-refractivity contribution in [2.45, 2.75) is 37.8 Å². The van der Waals surface area contributed by atoms with E-state index in [4.69, 9.17) is 0 Å². The van der Waals surface area contributed by atoms with Crippen LogP contribution in [0.25, 0.3) is 0 Å². The quantitative estimate of drug-likeness (QED) is 0.0785. The maximum Gasteiger partial charge on any atom is 3.00 e. The first kappa shape index (κ1) is 53.4. The molecule has 0 aromatic heterocycles. The van der Waals surface area contributed by atoms with Crippen LogP contribution in [0.5, 0.6) is 0 Å². The van der Waals surface area contributed by atoms with E-state index in [0.29, 0.717) is 5.66 Å². The van der Waals surface area contributed by atoms with Gasteiger partial charge in [0.25, 0.3) is 0 Å². The van der Waals surface area contributed by atoms with Crippen LogP contribution >= 0.6 is 15.8 Å². The second-order valence-electron chi connectivity index (χ2n) is 12.3. The Morgan fingerprint density at radius 2 is 0.678 bits per heavy atom. The van der Waals surface area contributed by atoms with Gasteiger partial charge in [-0.15, -0.1) is 0 Å². The molecule has 18 heteroatoms. The van der Waals surface area contributed by atoms with Crippen molar-refractivity contribution < 1.29 is 71.3 Å². The van der Waals surface area contributed by atoms with Gasteiger partial charge in [0, 0.05) is 0 Å². The minimum atomic E-state index is -6.00. The van der Waals surface area contributed by atoms with Crippen LogP contribution in [0.4, 0.5) is 51.8 Å². The van der Waals surface area contributed by atoms with E-state index < -0.39 is 37.6 Å². The van der Waals surface area contributed by atoms with Gasteiger partial charge in [0.15, 0.2) is 0 Å². The molecule has 0 fully saturated rings. The Morgan fingerprint density at radius 3 is 0.983 bits per heavy atom. The summed E-state index contributed by atoms with van der Waals surface area (Å²) in [5, 5.41) is 5.85. The number of hydrogen-bond acceptors (Lipinski definition) is 0. The fourth-order valence-electron chi connectivity index (χ4n) is 5.53. The van der Waals surface area contributed by atoms with Crippen molar-refractivity contribution in [1.82, 2.24) is 0 Å². The Hall–Kier alpha value is -3.58. The van der Waals surface area contributed by atoms with E-state index >= 15 is 0 Å². The SMILES string of the molecule is C1=C\CCCC\C=C/1.F[B-](F)(F)F.F[B-](F)(F)F.F[B-](F)(F)F.[Rh+3].c1ccc(C[C@H](CP(c2ccccc2)c2ccccc2)P(c2ccccc2)c2ccccc2)cc1. The Labute approximate surface area is 354 Å². The molecule has 0 N–H and O–H groups in total. The molecule has 1 atom stereocenters. The van der Waals surface area contributed by atoms with Crippen LogP contribution in [0, 0.1) is 0 Å². The zero-order valence-corrected chi connectivity index (χ0v) is 35.0. The molecular formula is C41H42B3F12P2Rh. The molecule has 6 rings (SSSR count). The summed E-state index contributed by atoms with van der Waals surface area (Å²) in [5.41, 5.74) is 1.94. The van der Waals surface area contributed by atoms with Gasteiger partial charge in [0.2, 0.25) is 0 Å². The second-order valence-corrected chi connectivity index (χ2v) is 17.0. The van der Waals surface area contributed by atoms with Crippen LogP contribution < -0.4 is 21.2 Å². The summed E-state index contributed by atoms with van der Waals surface area (Å²) in [6.45, 7) is 0. The van der Waals surface area contributed by atoms with Gasteiger partial charge in [0.05, 0.1) is 0 Å². The Kier molecular flexibility index (Phi) is 26.1. The summed E-state index contributed by atoms with van der Waals surface area (Å²) in [4.78, 5) is 0. The molecule has 5 aromatic carbocycles. The first-order valence-electron chi connectivity index (χ1n) is 18.1.